The Kier molecular flexibility index (Phi) is 3.80. The Morgan fingerprint density at radius 2 is 1.77 bits per heavy atom. The van der Waals surface area contributed by atoms with E-state index in [9.17, 15) is 19.7 Å². The topological polar surface area (TPSA) is 106 Å². The molecule has 1 aliphatic heterocycles. The van der Waals surface area contributed by atoms with Gasteiger partial charge in [-0.2, -0.15) is 10.1 Å². The maximum atomic E-state index is 12.9. The molecule has 0 N–H and O–H groups in total. The lowest BCUT2D eigenvalue weighted by atomic mass is 9.63. The summed E-state index contributed by atoms with van der Waals surface area (Å²) >= 11 is 5.86. The second-order valence-corrected chi connectivity index (χ2v) is 8.94. The van der Waals surface area contributed by atoms with Crippen LogP contribution in [0.3, 0.4) is 0 Å². The first-order chi connectivity index (χ1) is 14.9. The summed E-state index contributed by atoms with van der Waals surface area (Å²) in [4.78, 5) is 36.7. The Balaban J connectivity index is 1.26. The fourth-order valence-corrected chi connectivity index (χ4v) is 5.77. The number of hydrogen-bond donors (Lipinski definition) is 0. The molecule has 8 nitrogen and oxygen atoms in total. The van der Waals surface area contributed by atoms with E-state index < -0.39 is 4.92 Å². The van der Waals surface area contributed by atoms with E-state index >= 15 is 0 Å². The number of benzene rings is 1. The number of hydrogen-bond acceptors (Lipinski definition) is 6. The Morgan fingerprint density at radius 3 is 2.42 bits per heavy atom. The minimum Gasteiger partial charge on any atom is -0.455 e. The van der Waals surface area contributed by atoms with Crippen LogP contribution in [-0.2, 0) is 9.59 Å². The van der Waals surface area contributed by atoms with Gasteiger partial charge in [0, 0.05) is 11.1 Å². The Hall–Kier alpha value is -3.26. The van der Waals surface area contributed by atoms with Crippen LogP contribution < -0.4 is 0 Å². The van der Waals surface area contributed by atoms with Crippen molar-refractivity contribution in [3.63, 3.8) is 0 Å². The molecule has 3 fully saturated rings. The third kappa shape index (κ3) is 2.64. The molecule has 2 amide bonds. The smallest absolute Gasteiger partial charge is 0.281 e. The Bertz CT molecular complexity index is 1180. The highest BCUT2D eigenvalue weighted by Gasteiger charge is 2.67. The van der Waals surface area contributed by atoms with Crippen LogP contribution in [0.5, 0.6) is 0 Å². The van der Waals surface area contributed by atoms with E-state index in [-0.39, 0.29) is 63.3 Å². The van der Waals surface area contributed by atoms with E-state index in [0.29, 0.717) is 11.8 Å². The van der Waals surface area contributed by atoms with Gasteiger partial charge in [0.15, 0.2) is 0 Å². The van der Waals surface area contributed by atoms with Crippen LogP contribution in [0, 0.1) is 45.6 Å². The first-order valence-electron chi connectivity index (χ1n) is 10.1. The van der Waals surface area contributed by atoms with E-state index in [0.717, 1.165) is 11.4 Å². The molecule has 0 radical (unpaired) electrons. The van der Waals surface area contributed by atoms with Crippen LogP contribution in [-0.4, -0.2) is 28.0 Å². The fourth-order valence-electron chi connectivity index (χ4n) is 5.60. The second-order valence-electron chi connectivity index (χ2n) is 8.51. The van der Waals surface area contributed by atoms with Gasteiger partial charge in [0.1, 0.15) is 11.5 Å². The van der Waals surface area contributed by atoms with E-state index in [1.807, 2.05) is 0 Å². The molecule has 2 heterocycles. The van der Waals surface area contributed by atoms with Crippen LogP contribution in [0.2, 0.25) is 5.02 Å². The number of rotatable bonds is 4. The zero-order valence-electron chi connectivity index (χ0n) is 16.1. The maximum Gasteiger partial charge on any atom is 0.281 e. The summed E-state index contributed by atoms with van der Waals surface area (Å²) in [6.07, 6.45) is 6.62. The second kappa shape index (κ2) is 6.37. The van der Waals surface area contributed by atoms with Crippen LogP contribution in [0.15, 0.2) is 52.0 Å². The number of hydrazone groups is 1. The monoisotopic (exact) mass is 437 g/mol. The van der Waals surface area contributed by atoms with Gasteiger partial charge in [-0.3, -0.25) is 19.7 Å². The number of amides is 2. The van der Waals surface area contributed by atoms with E-state index in [1.54, 1.807) is 12.1 Å². The molecule has 4 aliphatic carbocycles. The summed E-state index contributed by atoms with van der Waals surface area (Å²) in [6.45, 7) is 0. The van der Waals surface area contributed by atoms with Crippen molar-refractivity contribution in [2.24, 2.45) is 40.6 Å². The van der Waals surface area contributed by atoms with Crippen molar-refractivity contribution >= 4 is 35.3 Å². The van der Waals surface area contributed by atoms with Gasteiger partial charge >= 0.3 is 0 Å². The quantitative estimate of drug-likeness (QED) is 0.237. The lowest BCUT2D eigenvalue weighted by Gasteiger charge is -2.37. The highest BCUT2D eigenvalue weighted by atomic mass is 35.5. The summed E-state index contributed by atoms with van der Waals surface area (Å²) in [5.41, 5.74) is 0.0936. The molecule has 7 rings (SSSR count). The summed E-state index contributed by atoms with van der Waals surface area (Å²) in [7, 11) is 0. The zero-order chi connectivity index (χ0) is 21.4. The predicted molar refractivity (Wildman–Crippen MR) is 110 cm³/mol. The summed E-state index contributed by atoms with van der Waals surface area (Å²) in [5.74, 6) is 0.736. The molecule has 6 atom stereocenters. The molecule has 0 unspecified atom stereocenters. The van der Waals surface area contributed by atoms with Crippen LogP contribution in [0.25, 0.3) is 11.3 Å². The minimum absolute atomic E-state index is 0.136. The molecule has 2 aromatic rings. The third-order valence-electron chi connectivity index (χ3n) is 6.99. The maximum absolute atomic E-state index is 12.9. The fraction of sp³-hybridized carbons (Fsp3) is 0.318. The average Bonchev–Trinajstić information content (AvgIpc) is 3.39. The normalized spacial score (nSPS) is 32.6. The van der Waals surface area contributed by atoms with E-state index in [4.69, 9.17) is 16.0 Å². The number of nitrogens with zero attached hydrogens (tertiary/aromatic N) is 3. The standard InChI is InChI=1S/C22H16ClN3O5/c23-10-1-3-14(17(7-10)26(29)30)18-6-2-11(31-18)9-24-25-21(27)19-12-4-5-13(16-8-15(12)16)20(19)22(25)28/h1-7,9,12-13,15-16,19-20H,8H2/t12-,13-,15-,16-,19+,20+/m0/s1. The number of nitro groups is 1. The van der Waals surface area contributed by atoms with Crippen molar-refractivity contribution in [1.29, 1.82) is 0 Å². The number of allylic oxidation sites excluding steroid dienone is 2. The van der Waals surface area contributed by atoms with E-state index in [2.05, 4.69) is 17.3 Å². The van der Waals surface area contributed by atoms with Crippen molar-refractivity contribution in [1.82, 2.24) is 5.01 Å². The van der Waals surface area contributed by atoms with Gasteiger partial charge < -0.3 is 4.42 Å². The SMILES string of the molecule is O=C1[C@@H]2[C@H]3C=C[C@@H]([C@@H]4C[C@@H]34)[C@H]2C(=O)N1N=Cc1ccc(-c2ccc(Cl)cc2[N+](=O)[O-])o1. The summed E-state index contributed by atoms with van der Waals surface area (Å²) < 4.78 is 5.67. The highest BCUT2D eigenvalue weighted by molar-refractivity contribution is 6.30. The minimum atomic E-state index is -0.534. The predicted octanol–water partition coefficient (Wildman–Crippen LogP) is 3.90. The van der Waals surface area contributed by atoms with Crippen LogP contribution in [0.4, 0.5) is 5.69 Å². The number of imide groups is 1. The molecular weight excluding hydrogens is 422 g/mol. The van der Waals surface area contributed by atoms with Gasteiger partial charge in [0.2, 0.25) is 0 Å². The summed E-state index contributed by atoms with van der Waals surface area (Å²) in [5, 5.41) is 16.7. The molecule has 1 saturated heterocycles. The van der Waals surface area contributed by atoms with Gasteiger partial charge in [-0.1, -0.05) is 23.8 Å². The third-order valence-corrected chi connectivity index (χ3v) is 7.22. The molecule has 9 heteroatoms. The Morgan fingerprint density at radius 1 is 1.10 bits per heavy atom. The first-order valence-corrected chi connectivity index (χ1v) is 10.5. The molecular formula is C22H16ClN3O5. The number of halogens is 1. The zero-order valence-corrected chi connectivity index (χ0v) is 16.8. The molecule has 2 saturated carbocycles. The lowest BCUT2D eigenvalue weighted by molar-refractivity contribution is -0.384. The van der Waals surface area contributed by atoms with Gasteiger partial charge in [0.25, 0.3) is 17.5 Å². The van der Waals surface area contributed by atoms with Gasteiger partial charge in [-0.15, -0.1) is 0 Å². The molecule has 5 aliphatic rings. The van der Waals surface area contributed by atoms with Crippen molar-refractivity contribution in [3.05, 3.63) is 63.4 Å². The van der Waals surface area contributed by atoms with Crippen LogP contribution >= 0.6 is 11.6 Å². The van der Waals surface area contributed by atoms with Crippen molar-refractivity contribution in [3.8, 4) is 11.3 Å². The lowest BCUT2D eigenvalue weighted by Crippen LogP contribution is -2.40. The molecule has 0 spiro atoms. The number of furan rings is 1. The van der Waals surface area contributed by atoms with Gasteiger partial charge in [-0.05, 0) is 54.4 Å². The van der Waals surface area contributed by atoms with Crippen molar-refractivity contribution < 1.29 is 18.9 Å². The number of carbonyl (C=O) groups excluding carboxylic acids is 2. The average molecular weight is 438 g/mol. The number of nitro benzene ring substituents is 1. The van der Waals surface area contributed by atoms with Crippen molar-refractivity contribution in [2.45, 2.75) is 6.42 Å². The van der Waals surface area contributed by atoms with Crippen LogP contribution in [0.1, 0.15) is 12.2 Å². The first kappa shape index (κ1) is 18.5. The van der Waals surface area contributed by atoms with Gasteiger partial charge in [0.05, 0.1) is 28.5 Å². The Labute approximate surface area is 181 Å². The largest absolute Gasteiger partial charge is 0.455 e. The summed E-state index contributed by atoms with van der Waals surface area (Å²) in [6, 6.07) is 7.45. The van der Waals surface area contributed by atoms with Crippen molar-refractivity contribution in [2.75, 3.05) is 0 Å². The molecule has 1 aromatic carbocycles. The molecule has 2 bridgehead atoms. The molecule has 156 valence electrons. The molecule has 1 aromatic heterocycles. The van der Waals surface area contributed by atoms with E-state index in [1.165, 1.54) is 24.4 Å². The highest BCUT2D eigenvalue weighted by Crippen LogP contribution is 2.65. The number of carbonyl (C=O) groups is 2. The van der Waals surface area contributed by atoms with Gasteiger partial charge in [-0.25, -0.2) is 0 Å². The molecule has 31 heavy (non-hydrogen) atoms.